The number of aryl methyl sites for hydroxylation is 1. The van der Waals surface area contributed by atoms with E-state index >= 15 is 0 Å². The molecular weight excluding hydrogens is 302 g/mol. The minimum absolute atomic E-state index is 0.546. The Morgan fingerprint density at radius 3 is 2.67 bits per heavy atom. The summed E-state index contributed by atoms with van der Waals surface area (Å²) >= 11 is 0. The lowest BCUT2D eigenvalue weighted by atomic mass is 10.3. The van der Waals surface area contributed by atoms with Crippen LogP contribution in [-0.4, -0.2) is 58.1 Å². The monoisotopic (exact) mass is 323 g/mol. The minimum atomic E-state index is 0.546. The summed E-state index contributed by atoms with van der Waals surface area (Å²) in [5, 5.41) is 4.17. The van der Waals surface area contributed by atoms with Crippen LogP contribution in [0.4, 0.5) is 17.5 Å². The summed E-state index contributed by atoms with van der Waals surface area (Å²) in [6, 6.07) is 6.10. The van der Waals surface area contributed by atoms with E-state index in [0.29, 0.717) is 5.95 Å². The standard InChI is InChI=1S/C17H21N7/c1-12-9-13-10-19-17(22-16(13)20-12)21-15-4-3-14(11-18-15)24-7-5-23(2)6-8-24/h3-4,9-11H,5-8H2,1-2H3,(H2,18,19,20,21,22). The highest BCUT2D eigenvalue weighted by molar-refractivity contribution is 5.76. The van der Waals surface area contributed by atoms with Gasteiger partial charge in [0.05, 0.1) is 11.9 Å². The maximum absolute atomic E-state index is 4.50. The number of aromatic nitrogens is 4. The minimum Gasteiger partial charge on any atom is -0.368 e. The molecule has 7 heteroatoms. The van der Waals surface area contributed by atoms with Gasteiger partial charge < -0.3 is 20.1 Å². The van der Waals surface area contributed by atoms with Gasteiger partial charge in [-0.1, -0.05) is 0 Å². The van der Waals surface area contributed by atoms with Gasteiger partial charge in [-0.05, 0) is 32.2 Å². The molecule has 1 aliphatic rings. The Bertz CT molecular complexity index is 832. The van der Waals surface area contributed by atoms with Crippen LogP contribution in [0.1, 0.15) is 5.69 Å². The number of nitrogens with zero attached hydrogens (tertiary/aromatic N) is 5. The van der Waals surface area contributed by atoms with Crippen LogP contribution in [0.3, 0.4) is 0 Å². The Hall–Kier alpha value is -2.67. The van der Waals surface area contributed by atoms with Gasteiger partial charge in [0.25, 0.3) is 0 Å². The molecule has 3 aromatic rings. The fraction of sp³-hybridized carbons (Fsp3) is 0.353. The Labute approximate surface area is 140 Å². The predicted octanol–water partition coefficient (Wildman–Crippen LogP) is 2.16. The third-order valence-electron chi connectivity index (χ3n) is 4.36. The van der Waals surface area contributed by atoms with Crippen molar-refractivity contribution in [3.8, 4) is 0 Å². The number of hydrogen-bond acceptors (Lipinski definition) is 6. The number of aromatic amines is 1. The fourth-order valence-electron chi connectivity index (χ4n) is 2.94. The highest BCUT2D eigenvalue weighted by atomic mass is 15.3. The van der Waals surface area contributed by atoms with Crippen LogP contribution in [-0.2, 0) is 0 Å². The van der Waals surface area contributed by atoms with E-state index in [4.69, 9.17) is 0 Å². The summed E-state index contributed by atoms with van der Waals surface area (Å²) in [5.74, 6) is 1.29. The highest BCUT2D eigenvalue weighted by Crippen LogP contribution is 2.19. The summed E-state index contributed by atoms with van der Waals surface area (Å²) in [6.07, 6.45) is 3.72. The second-order valence-corrected chi connectivity index (χ2v) is 6.27. The predicted molar refractivity (Wildman–Crippen MR) is 95.9 cm³/mol. The number of likely N-dealkylation sites (N-methyl/N-ethyl adjacent to an activating group) is 1. The normalized spacial score (nSPS) is 15.8. The molecule has 124 valence electrons. The van der Waals surface area contributed by atoms with Crippen molar-refractivity contribution in [1.82, 2.24) is 24.8 Å². The van der Waals surface area contributed by atoms with E-state index in [1.54, 1.807) is 0 Å². The van der Waals surface area contributed by atoms with Crippen LogP contribution in [0, 0.1) is 6.92 Å². The van der Waals surface area contributed by atoms with E-state index in [-0.39, 0.29) is 0 Å². The quantitative estimate of drug-likeness (QED) is 0.769. The number of fused-ring (bicyclic) bond motifs is 1. The van der Waals surface area contributed by atoms with Gasteiger partial charge >= 0.3 is 0 Å². The summed E-state index contributed by atoms with van der Waals surface area (Å²) in [6.45, 7) is 6.26. The summed E-state index contributed by atoms with van der Waals surface area (Å²) in [7, 11) is 2.16. The molecule has 0 spiro atoms. The van der Waals surface area contributed by atoms with Crippen molar-refractivity contribution < 1.29 is 0 Å². The van der Waals surface area contributed by atoms with E-state index in [2.05, 4.69) is 48.2 Å². The molecule has 4 heterocycles. The molecule has 1 saturated heterocycles. The molecule has 3 aromatic heterocycles. The lowest BCUT2D eigenvalue weighted by Crippen LogP contribution is -2.44. The average molecular weight is 323 g/mol. The third kappa shape index (κ3) is 3.03. The second kappa shape index (κ2) is 6.09. The zero-order valence-corrected chi connectivity index (χ0v) is 14.0. The molecule has 0 bridgehead atoms. The Morgan fingerprint density at radius 1 is 1.08 bits per heavy atom. The number of pyridine rings is 1. The van der Waals surface area contributed by atoms with Crippen molar-refractivity contribution in [3.63, 3.8) is 0 Å². The lowest BCUT2D eigenvalue weighted by molar-refractivity contribution is 0.313. The molecule has 24 heavy (non-hydrogen) atoms. The van der Waals surface area contributed by atoms with Crippen molar-refractivity contribution in [1.29, 1.82) is 0 Å². The number of piperazine rings is 1. The Kier molecular flexibility index (Phi) is 3.78. The molecule has 0 atom stereocenters. The van der Waals surface area contributed by atoms with Gasteiger partial charge in [0.15, 0.2) is 0 Å². The summed E-state index contributed by atoms with van der Waals surface area (Å²) in [4.78, 5) is 21.2. The van der Waals surface area contributed by atoms with Crippen LogP contribution in [0.25, 0.3) is 11.0 Å². The maximum Gasteiger partial charge on any atom is 0.230 e. The molecule has 4 rings (SSSR count). The molecule has 1 aliphatic heterocycles. The fourth-order valence-corrected chi connectivity index (χ4v) is 2.94. The first kappa shape index (κ1) is 14.9. The first-order valence-electron chi connectivity index (χ1n) is 8.16. The smallest absolute Gasteiger partial charge is 0.230 e. The van der Waals surface area contributed by atoms with Gasteiger partial charge in [-0.3, -0.25) is 0 Å². The maximum atomic E-state index is 4.50. The molecular formula is C17H21N7. The van der Waals surface area contributed by atoms with E-state index < -0.39 is 0 Å². The number of nitrogens with one attached hydrogen (secondary N) is 2. The van der Waals surface area contributed by atoms with E-state index in [0.717, 1.165) is 54.4 Å². The second-order valence-electron chi connectivity index (χ2n) is 6.27. The van der Waals surface area contributed by atoms with Gasteiger partial charge in [0.1, 0.15) is 11.5 Å². The zero-order valence-electron chi connectivity index (χ0n) is 14.0. The SMILES string of the molecule is Cc1cc2cnc(Nc3ccc(N4CCN(C)CC4)cn3)nc2[nH]1. The van der Waals surface area contributed by atoms with Crippen LogP contribution >= 0.6 is 0 Å². The van der Waals surface area contributed by atoms with Gasteiger partial charge in [-0.25, -0.2) is 9.97 Å². The third-order valence-corrected chi connectivity index (χ3v) is 4.36. The van der Waals surface area contributed by atoms with Crippen molar-refractivity contribution in [2.45, 2.75) is 6.92 Å². The van der Waals surface area contributed by atoms with Gasteiger partial charge in [-0.2, -0.15) is 4.98 Å². The average Bonchev–Trinajstić information content (AvgIpc) is 2.96. The largest absolute Gasteiger partial charge is 0.368 e. The number of anilines is 3. The lowest BCUT2D eigenvalue weighted by Gasteiger charge is -2.33. The molecule has 0 unspecified atom stereocenters. The first-order chi connectivity index (χ1) is 11.7. The molecule has 0 aromatic carbocycles. The molecule has 0 saturated carbocycles. The topological polar surface area (TPSA) is 73.0 Å². The van der Waals surface area contributed by atoms with Crippen molar-refractivity contribution in [3.05, 3.63) is 36.3 Å². The van der Waals surface area contributed by atoms with Crippen molar-refractivity contribution >= 4 is 28.5 Å². The first-order valence-corrected chi connectivity index (χ1v) is 8.16. The highest BCUT2D eigenvalue weighted by Gasteiger charge is 2.14. The number of rotatable bonds is 3. The van der Waals surface area contributed by atoms with Gasteiger partial charge in [0, 0.05) is 43.5 Å². The molecule has 0 radical (unpaired) electrons. The van der Waals surface area contributed by atoms with Crippen LogP contribution in [0.15, 0.2) is 30.6 Å². The van der Waals surface area contributed by atoms with Crippen LogP contribution in [0.5, 0.6) is 0 Å². The van der Waals surface area contributed by atoms with E-state index in [1.165, 1.54) is 0 Å². The molecule has 2 N–H and O–H groups in total. The van der Waals surface area contributed by atoms with Crippen molar-refractivity contribution in [2.75, 3.05) is 43.4 Å². The van der Waals surface area contributed by atoms with Gasteiger partial charge in [0.2, 0.25) is 5.95 Å². The van der Waals surface area contributed by atoms with Crippen LogP contribution in [0.2, 0.25) is 0 Å². The summed E-state index contributed by atoms with van der Waals surface area (Å²) in [5.41, 5.74) is 3.06. The van der Waals surface area contributed by atoms with E-state index in [1.807, 2.05) is 31.5 Å². The molecule has 1 fully saturated rings. The Balaban J connectivity index is 1.48. The van der Waals surface area contributed by atoms with Gasteiger partial charge in [-0.15, -0.1) is 0 Å². The number of H-pyrrole nitrogens is 1. The molecule has 0 aliphatic carbocycles. The zero-order chi connectivity index (χ0) is 16.5. The van der Waals surface area contributed by atoms with E-state index in [9.17, 15) is 0 Å². The Morgan fingerprint density at radius 2 is 1.92 bits per heavy atom. The van der Waals surface area contributed by atoms with Crippen molar-refractivity contribution in [2.24, 2.45) is 0 Å². The molecule has 0 amide bonds. The summed E-state index contributed by atoms with van der Waals surface area (Å²) < 4.78 is 0. The molecule has 7 nitrogen and oxygen atoms in total. The van der Waals surface area contributed by atoms with Crippen LogP contribution < -0.4 is 10.2 Å². The number of hydrogen-bond donors (Lipinski definition) is 2.